The van der Waals surface area contributed by atoms with Gasteiger partial charge in [0.15, 0.2) is 0 Å². The number of hydrogen-bond donors (Lipinski definition) is 1. The Labute approximate surface area is 131 Å². The Morgan fingerprint density at radius 1 is 1.32 bits per heavy atom. The first-order valence-electron chi connectivity index (χ1n) is 7.53. The van der Waals surface area contributed by atoms with E-state index in [0.717, 1.165) is 24.2 Å². The maximum absolute atomic E-state index is 12.0. The Morgan fingerprint density at radius 3 is 2.68 bits per heavy atom. The number of hydrogen-bond acceptors (Lipinski definition) is 3. The van der Waals surface area contributed by atoms with Crippen molar-refractivity contribution in [1.82, 2.24) is 20.0 Å². The van der Waals surface area contributed by atoms with Crippen LogP contribution in [0.3, 0.4) is 0 Å². The Morgan fingerprint density at radius 2 is 2.05 bits per heavy atom. The molecule has 5 heteroatoms. The zero-order valence-corrected chi connectivity index (χ0v) is 13.5. The summed E-state index contributed by atoms with van der Waals surface area (Å²) in [5, 5.41) is 7.12. The molecule has 0 radical (unpaired) electrons. The molecule has 5 nitrogen and oxygen atoms in total. The fourth-order valence-corrected chi connectivity index (χ4v) is 2.26. The van der Waals surface area contributed by atoms with Crippen molar-refractivity contribution in [3.63, 3.8) is 0 Å². The van der Waals surface area contributed by atoms with Gasteiger partial charge in [0.25, 0.3) is 0 Å². The van der Waals surface area contributed by atoms with E-state index in [2.05, 4.69) is 22.5 Å². The second-order valence-corrected chi connectivity index (χ2v) is 5.63. The van der Waals surface area contributed by atoms with Gasteiger partial charge >= 0.3 is 0 Å². The third-order valence-corrected chi connectivity index (χ3v) is 3.85. The molecule has 0 fully saturated rings. The molecular weight excluding hydrogens is 276 g/mol. The Kier molecular flexibility index (Phi) is 5.72. The van der Waals surface area contributed by atoms with Crippen LogP contribution in [0, 0.1) is 6.92 Å². The van der Waals surface area contributed by atoms with Crippen LogP contribution in [-0.2, 0) is 24.8 Å². The summed E-state index contributed by atoms with van der Waals surface area (Å²) in [4.78, 5) is 14.0. The number of carbonyl (C=O) groups is 1. The molecular formula is C17H24N4O. The summed E-state index contributed by atoms with van der Waals surface area (Å²) in [6, 6.07) is 10.3. The molecule has 0 spiro atoms. The van der Waals surface area contributed by atoms with E-state index in [9.17, 15) is 4.79 Å². The first-order valence-corrected chi connectivity index (χ1v) is 7.53. The fraction of sp³-hybridized carbons (Fsp3) is 0.412. The Bertz CT molecular complexity index is 606. The minimum Gasteiger partial charge on any atom is -0.351 e. The van der Waals surface area contributed by atoms with Crippen LogP contribution in [0.2, 0.25) is 0 Å². The summed E-state index contributed by atoms with van der Waals surface area (Å²) in [7, 11) is 3.87. The van der Waals surface area contributed by atoms with Crippen molar-refractivity contribution in [3.8, 4) is 0 Å². The smallest absolute Gasteiger partial charge is 0.234 e. The summed E-state index contributed by atoms with van der Waals surface area (Å²) in [6.45, 7) is 3.81. The lowest BCUT2D eigenvalue weighted by molar-refractivity contribution is -0.122. The summed E-state index contributed by atoms with van der Waals surface area (Å²) >= 11 is 0. The predicted molar refractivity (Wildman–Crippen MR) is 87.4 cm³/mol. The van der Waals surface area contributed by atoms with Gasteiger partial charge in [0.2, 0.25) is 5.91 Å². The summed E-state index contributed by atoms with van der Waals surface area (Å²) < 4.78 is 1.81. The third kappa shape index (κ3) is 4.70. The highest BCUT2D eigenvalue weighted by Crippen LogP contribution is 2.04. The third-order valence-electron chi connectivity index (χ3n) is 3.85. The molecule has 0 saturated heterocycles. The molecule has 0 unspecified atom stereocenters. The van der Waals surface area contributed by atoms with Crippen molar-refractivity contribution in [1.29, 1.82) is 0 Å². The molecule has 1 aromatic heterocycles. The second kappa shape index (κ2) is 7.75. The van der Waals surface area contributed by atoms with Gasteiger partial charge in [0, 0.05) is 31.4 Å². The summed E-state index contributed by atoms with van der Waals surface area (Å²) in [5.74, 6) is 0.0406. The number of aryl methyl sites for hydroxylation is 1. The van der Waals surface area contributed by atoms with Crippen molar-refractivity contribution in [2.75, 3.05) is 20.1 Å². The molecule has 1 heterocycles. The van der Waals surface area contributed by atoms with Gasteiger partial charge in [-0.05, 0) is 26.0 Å². The molecule has 118 valence electrons. The minimum absolute atomic E-state index is 0.0406. The minimum atomic E-state index is 0.0406. The normalized spacial score (nSPS) is 10.9. The quantitative estimate of drug-likeness (QED) is 0.843. The zero-order valence-electron chi connectivity index (χ0n) is 13.5. The van der Waals surface area contributed by atoms with Gasteiger partial charge in [0.1, 0.15) is 0 Å². The van der Waals surface area contributed by atoms with Crippen molar-refractivity contribution in [2.45, 2.75) is 19.9 Å². The highest BCUT2D eigenvalue weighted by molar-refractivity contribution is 5.77. The first kappa shape index (κ1) is 16.2. The zero-order chi connectivity index (χ0) is 15.9. The van der Waals surface area contributed by atoms with Gasteiger partial charge in [-0.1, -0.05) is 30.3 Å². The van der Waals surface area contributed by atoms with Crippen molar-refractivity contribution in [3.05, 3.63) is 53.3 Å². The number of nitrogens with one attached hydrogen (secondary N) is 1. The van der Waals surface area contributed by atoms with Crippen molar-refractivity contribution in [2.24, 2.45) is 7.05 Å². The standard InChI is InChI=1S/C17H24N4O/c1-14-16(12-19-21(14)3)11-18-17(22)13-20(2)10-9-15-7-5-4-6-8-15/h4-8,12H,9-11,13H2,1-3H3,(H,18,22). The van der Waals surface area contributed by atoms with E-state index in [4.69, 9.17) is 0 Å². The number of amides is 1. The van der Waals surface area contributed by atoms with Crippen LogP contribution in [0.1, 0.15) is 16.8 Å². The molecule has 2 rings (SSSR count). The molecule has 0 atom stereocenters. The van der Waals surface area contributed by atoms with E-state index in [-0.39, 0.29) is 5.91 Å². The number of rotatable bonds is 7. The van der Waals surface area contributed by atoms with Crippen LogP contribution in [-0.4, -0.2) is 40.7 Å². The Balaban J connectivity index is 1.71. The predicted octanol–water partition coefficient (Wildman–Crippen LogP) is 1.52. The molecule has 0 aliphatic carbocycles. The topological polar surface area (TPSA) is 50.2 Å². The van der Waals surface area contributed by atoms with Crippen LogP contribution < -0.4 is 5.32 Å². The number of carbonyl (C=O) groups excluding carboxylic acids is 1. The maximum atomic E-state index is 12.0. The number of aromatic nitrogens is 2. The van der Waals surface area contributed by atoms with E-state index in [1.807, 2.05) is 48.8 Å². The van der Waals surface area contributed by atoms with Gasteiger partial charge in [-0.15, -0.1) is 0 Å². The molecule has 2 aromatic rings. The molecule has 22 heavy (non-hydrogen) atoms. The lowest BCUT2D eigenvalue weighted by Crippen LogP contribution is -2.35. The van der Waals surface area contributed by atoms with Crippen molar-refractivity contribution < 1.29 is 4.79 Å². The van der Waals surface area contributed by atoms with Gasteiger partial charge in [-0.25, -0.2) is 0 Å². The van der Waals surface area contributed by atoms with E-state index < -0.39 is 0 Å². The molecule has 1 aromatic carbocycles. The Hall–Kier alpha value is -2.14. The summed E-state index contributed by atoms with van der Waals surface area (Å²) in [6.07, 6.45) is 2.75. The largest absolute Gasteiger partial charge is 0.351 e. The van der Waals surface area contributed by atoms with E-state index in [0.29, 0.717) is 13.1 Å². The lowest BCUT2D eigenvalue weighted by atomic mass is 10.1. The molecule has 0 bridgehead atoms. The maximum Gasteiger partial charge on any atom is 0.234 e. The number of nitrogens with zero attached hydrogens (tertiary/aromatic N) is 3. The van der Waals surface area contributed by atoms with Crippen molar-refractivity contribution >= 4 is 5.91 Å². The van der Waals surface area contributed by atoms with Gasteiger partial charge in [-0.2, -0.15) is 5.10 Å². The molecule has 1 amide bonds. The highest BCUT2D eigenvalue weighted by Gasteiger charge is 2.08. The molecule has 0 aliphatic heterocycles. The average molecular weight is 300 g/mol. The van der Waals surface area contributed by atoms with Crippen LogP contribution in [0.5, 0.6) is 0 Å². The van der Waals surface area contributed by atoms with E-state index >= 15 is 0 Å². The number of likely N-dealkylation sites (N-methyl/N-ethyl adjacent to an activating group) is 1. The lowest BCUT2D eigenvalue weighted by Gasteiger charge is -2.16. The average Bonchev–Trinajstić information content (AvgIpc) is 2.84. The van der Waals surface area contributed by atoms with E-state index in [1.165, 1.54) is 5.56 Å². The fourth-order valence-electron chi connectivity index (χ4n) is 2.26. The molecule has 0 saturated carbocycles. The molecule has 0 aliphatic rings. The van der Waals surface area contributed by atoms with Crippen LogP contribution in [0.15, 0.2) is 36.5 Å². The van der Waals surface area contributed by atoms with Gasteiger partial charge in [0.05, 0.1) is 12.7 Å². The highest BCUT2D eigenvalue weighted by atomic mass is 16.2. The molecule has 1 N–H and O–H groups in total. The second-order valence-electron chi connectivity index (χ2n) is 5.63. The van der Waals surface area contributed by atoms with Crippen LogP contribution >= 0.6 is 0 Å². The number of benzene rings is 1. The monoisotopic (exact) mass is 300 g/mol. The van der Waals surface area contributed by atoms with E-state index in [1.54, 1.807) is 6.20 Å². The van der Waals surface area contributed by atoms with Gasteiger partial charge in [-0.3, -0.25) is 14.4 Å². The summed E-state index contributed by atoms with van der Waals surface area (Å²) in [5.41, 5.74) is 3.43. The van der Waals surface area contributed by atoms with Gasteiger partial charge < -0.3 is 5.32 Å². The van der Waals surface area contributed by atoms with Crippen LogP contribution in [0.4, 0.5) is 0 Å². The SMILES string of the molecule is Cc1c(CNC(=O)CN(C)CCc2ccccc2)cnn1C. The first-order chi connectivity index (χ1) is 10.6. The van der Waals surface area contributed by atoms with Crippen LogP contribution in [0.25, 0.3) is 0 Å².